The van der Waals surface area contributed by atoms with Crippen LogP contribution in [-0.2, 0) is 5.54 Å². The lowest BCUT2D eigenvalue weighted by Crippen LogP contribution is -2.38. The monoisotopic (exact) mass is 335 g/mol. The number of hydrogen-bond acceptors (Lipinski definition) is 4. The molecule has 1 aliphatic heterocycles. The number of carbonyl (C=O) groups excluding carboxylic acids is 1. The Morgan fingerprint density at radius 3 is 2.64 bits per heavy atom. The molecule has 0 saturated heterocycles. The number of rotatable bonds is 3. The molecule has 6 nitrogen and oxygen atoms in total. The van der Waals surface area contributed by atoms with Crippen molar-refractivity contribution in [3.63, 3.8) is 0 Å². The number of anilines is 1. The Bertz CT molecular complexity index is 868. The molecule has 1 heterocycles. The van der Waals surface area contributed by atoms with Crippen LogP contribution < -0.4 is 20.1 Å². The lowest BCUT2D eigenvalue weighted by atomic mass is 10.0. The van der Waals surface area contributed by atoms with Gasteiger partial charge in [-0.2, -0.15) is 5.26 Å². The highest BCUT2D eigenvalue weighted by molar-refractivity contribution is 5.90. The van der Waals surface area contributed by atoms with Gasteiger partial charge in [-0.15, -0.1) is 0 Å². The number of fused-ring (bicyclic) bond motifs is 1. The van der Waals surface area contributed by atoms with Gasteiger partial charge in [0.05, 0.1) is 17.2 Å². The molecule has 2 amide bonds. The van der Waals surface area contributed by atoms with E-state index in [4.69, 9.17) is 14.7 Å². The molecule has 0 atom stereocenters. The Kier molecular flexibility index (Phi) is 3.69. The molecule has 4 rings (SSSR count). The summed E-state index contributed by atoms with van der Waals surface area (Å²) < 4.78 is 11.2. The Morgan fingerprint density at radius 2 is 1.88 bits per heavy atom. The molecule has 126 valence electrons. The van der Waals surface area contributed by atoms with Crippen LogP contribution in [0.1, 0.15) is 24.0 Å². The van der Waals surface area contributed by atoms with Crippen LogP contribution in [0.25, 0.3) is 0 Å². The van der Waals surface area contributed by atoms with Gasteiger partial charge in [0.15, 0.2) is 11.5 Å². The topological polar surface area (TPSA) is 83.4 Å². The summed E-state index contributed by atoms with van der Waals surface area (Å²) in [6.45, 7) is 1.09. The summed E-state index contributed by atoms with van der Waals surface area (Å²) in [5.74, 6) is 1.46. The van der Waals surface area contributed by atoms with E-state index in [-0.39, 0.29) is 11.6 Å². The van der Waals surface area contributed by atoms with E-state index < -0.39 is 0 Å². The van der Waals surface area contributed by atoms with Gasteiger partial charge in [0.2, 0.25) is 0 Å². The number of ether oxygens (including phenoxy) is 2. The zero-order valence-corrected chi connectivity index (χ0v) is 13.5. The Hall–Kier alpha value is -3.20. The largest absolute Gasteiger partial charge is 0.486 e. The normalized spacial score (nSPS) is 16.4. The SMILES string of the molecule is N#Cc1cccc(NC(=O)NC2(c3ccc4c(c3)OCCO4)CC2)c1. The molecule has 1 saturated carbocycles. The van der Waals surface area contributed by atoms with Crippen LogP contribution in [0.3, 0.4) is 0 Å². The van der Waals surface area contributed by atoms with Crippen LogP contribution in [0.15, 0.2) is 42.5 Å². The lowest BCUT2D eigenvalue weighted by molar-refractivity contribution is 0.171. The fraction of sp³-hybridized carbons (Fsp3) is 0.263. The first-order chi connectivity index (χ1) is 12.2. The molecule has 2 aliphatic rings. The van der Waals surface area contributed by atoms with Gasteiger partial charge in [-0.25, -0.2) is 4.79 Å². The molecule has 6 heteroatoms. The fourth-order valence-electron chi connectivity index (χ4n) is 3.00. The van der Waals surface area contributed by atoms with E-state index in [1.807, 2.05) is 18.2 Å². The molecule has 2 aromatic rings. The van der Waals surface area contributed by atoms with Gasteiger partial charge in [-0.05, 0) is 48.7 Å². The summed E-state index contributed by atoms with van der Waals surface area (Å²) in [7, 11) is 0. The number of carbonyl (C=O) groups is 1. The Labute approximate surface area is 145 Å². The van der Waals surface area contributed by atoms with Crippen molar-refractivity contribution in [2.75, 3.05) is 18.5 Å². The third kappa shape index (κ3) is 3.09. The van der Waals surface area contributed by atoms with Gasteiger partial charge in [0.1, 0.15) is 13.2 Å². The molecule has 0 unspecified atom stereocenters. The van der Waals surface area contributed by atoms with E-state index >= 15 is 0 Å². The van der Waals surface area contributed by atoms with Crippen molar-refractivity contribution in [3.05, 3.63) is 53.6 Å². The van der Waals surface area contributed by atoms with E-state index in [1.54, 1.807) is 24.3 Å². The minimum atomic E-state index is -0.368. The van der Waals surface area contributed by atoms with E-state index in [0.717, 1.165) is 29.9 Å². The number of hydrogen-bond donors (Lipinski definition) is 2. The number of nitriles is 1. The van der Waals surface area contributed by atoms with E-state index in [1.165, 1.54) is 0 Å². The summed E-state index contributed by atoms with van der Waals surface area (Å²) in [4.78, 5) is 12.4. The highest BCUT2D eigenvalue weighted by Gasteiger charge is 2.46. The van der Waals surface area contributed by atoms with Crippen molar-refractivity contribution < 1.29 is 14.3 Å². The average molecular weight is 335 g/mol. The molecular formula is C19H17N3O3. The molecule has 0 bridgehead atoms. The van der Waals surface area contributed by atoms with Crippen molar-refractivity contribution in [3.8, 4) is 17.6 Å². The van der Waals surface area contributed by atoms with E-state index in [9.17, 15) is 4.79 Å². The summed E-state index contributed by atoms with van der Waals surface area (Å²) >= 11 is 0. The van der Waals surface area contributed by atoms with Crippen LogP contribution in [0.5, 0.6) is 11.5 Å². The average Bonchev–Trinajstić information content (AvgIpc) is 3.42. The van der Waals surface area contributed by atoms with E-state index in [2.05, 4.69) is 16.7 Å². The summed E-state index contributed by atoms with van der Waals surface area (Å²) in [5.41, 5.74) is 1.74. The first kappa shape index (κ1) is 15.3. The predicted octanol–water partition coefficient (Wildman–Crippen LogP) is 3.14. The second kappa shape index (κ2) is 6.02. The second-order valence-corrected chi connectivity index (χ2v) is 6.21. The maximum Gasteiger partial charge on any atom is 0.319 e. The molecule has 2 N–H and O–H groups in total. The van der Waals surface area contributed by atoms with Gasteiger partial charge in [-0.1, -0.05) is 12.1 Å². The third-order valence-corrected chi connectivity index (χ3v) is 4.45. The number of benzene rings is 2. The Morgan fingerprint density at radius 1 is 1.08 bits per heavy atom. The molecule has 0 aromatic heterocycles. The summed E-state index contributed by atoms with van der Waals surface area (Å²) in [6, 6.07) is 14.4. The second-order valence-electron chi connectivity index (χ2n) is 6.21. The van der Waals surface area contributed by atoms with E-state index in [0.29, 0.717) is 24.5 Å². The van der Waals surface area contributed by atoms with Crippen LogP contribution in [0.2, 0.25) is 0 Å². The number of nitrogens with one attached hydrogen (secondary N) is 2. The van der Waals surface area contributed by atoms with Gasteiger partial charge >= 0.3 is 6.03 Å². The Balaban J connectivity index is 1.48. The molecular weight excluding hydrogens is 318 g/mol. The maximum absolute atomic E-state index is 12.4. The maximum atomic E-state index is 12.4. The molecule has 0 spiro atoms. The first-order valence-corrected chi connectivity index (χ1v) is 8.18. The van der Waals surface area contributed by atoms with Gasteiger partial charge in [-0.3, -0.25) is 0 Å². The van der Waals surface area contributed by atoms with Crippen molar-refractivity contribution >= 4 is 11.7 Å². The number of urea groups is 1. The smallest absolute Gasteiger partial charge is 0.319 e. The van der Waals surface area contributed by atoms with Crippen molar-refractivity contribution in [1.82, 2.24) is 5.32 Å². The van der Waals surface area contributed by atoms with Crippen molar-refractivity contribution in [2.24, 2.45) is 0 Å². The van der Waals surface area contributed by atoms with Crippen LogP contribution in [0, 0.1) is 11.3 Å². The zero-order valence-electron chi connectivity index (χ0n) is 13.5. The van der Waals surface area contributed by atoms with Crippen molar-refractivity contribution in [1.29, 1.82) is 5.26 Å². The molecule has 1 aliphatic carbocycles. The lowest BCUT2D eigenvalue weighted by Gasteiger charge is -2.23. The molecule has 1 fully saturated rings. The first-order valence-electron chi connectivity index (χ1n) is 8.18. The minimum absolute atomic E-state index is 0.289. The number of nitrogens with zero attached hydrogens (tertiary/aromatic N) is 1. The van der Waals surface area contributed by atoms with Crippen LogP contribution >= 0.6 is 0 Å². The molecule has 25 heavy (non-hydrogen) atoms. The van der Waals surface area contributed by atoms with Gasteiger partial charge in [0.25, 0.3) is 0 Å². The molecule has 0 radical (unpaired) electrons. The van der Waals surface area contributed by atoms with Crippen molar-refractivity contribution in [2.45, 2.75) is 18.4 Å². The van der Waals surface area contributed by atoms with Crippen LogP contribution in [0.4, 0.5) is 10.5 Å². The standard InChI is InChI=1S/C19H17N3O3/c20-12-13-2-1-3-15(10-13)21-18(23)22-19(6-7-19)14-4-5-16-17(11-14)25-9-8-24-16/h1-5,10-11H,6-9H2,(H2,21,22,23). The zero-order chi connectivity index (χ0) is 17.3. The predicted molar refractivity (Wildman–Crippen MR) is 91.7 cm³/mol. The van der Waals surface area contributed by atoms with Gasteiger partial charge in [0, 0.05) is 5.69 Å². The number of amides is 2. The highest BCUT2D eigenvalue weighted by atomic mass is 16.6. The summed E-state index contributed by atoms with van der Waals surface area (Å²) in [5, 5.41) is 14.8. The fourth-order valence-corrected chi connectivity index (χ4v) is 3.00. The third-order valence-electron chi connectivity index (χ3n) is 4.45. The van der Waals surface area contributed by atoms with Crippen LogP contribution in [-0.4, -0.2) is 19.2 Å². The molecule has 2 aromatic carbocycles. The highest BCUT2D eigenvalue weighted by Crippen LogP contribution is 2.47. The minimum Gasteiger partial charge on any atom is -0.486 e. The summed E-state index contributed by atoms with van der Waals surface area (Å²) in [6.07, 6.45) is 1.75. The van der Waals surface area contributed by atoms with Gasteiger partial charge < -0.3 is 20.1 Å². The quantitative estimate of drug-likeness (QED) is 0.902.